The fraction of sp³-hybridized carbons (Fsp3) is 0.308. The number of hydrogen-bond acceptors (Lipinski definition) is 7. The summed E-state index contributed by atoms with van der Waals surface area (Å²) in [4.78, 5) is 15.4. The summed E-state index contributed by atoms with van der Waals surface area (Å²) in [7, 11) is 0. The number of nitrogens with zero attached hydrogens (tertiary/aromatic N) is 6. The molecule has 24 heavy (non-hydrogen) atoms. The van der Waals surface area contributed by atoms with Crippen LogP contribution in [0.2, 0.25) is 0 Å². The molecule has 0 aliphatic rings. The summed E-state index contributed by atoms with van der Waals surface area (Å²) in [5, 5.41) is 6.43. The Balaban J connectivity index is 1.95. The van der Waals surface area contributed by atoms with Crippen molar-refractivity contribution < 1.29 is 13.2 Å². The summed E-state index contributed by atoms with van der Waals surface area (Å²) in [6, 6.07) is 1.56. The monoisotopic (exact) mass is 338 g/mol. The van der Waals surface area contributed by atoms with Gasteiger partial charge in [0.1, 0.15) is 17.5 Å². The minimum Gasteiger partial charge on any atom is -0.383 e. The highest BCUT2D eigenvalue weighted by molar-refractivity contribution is 5.47. The van der Waals surface area contributed by atoms with Crippen LogP contribution in [0, 0.1) is 13.8 Å². The van der Waals surface area contributed by atoms with E-state index in [2.05, 4.69) is 30.4 Å². The second kappa shape index (κ2) is 5.58. The Bertz CT molecular complexity index is 902. The average molecular weight is 338 g/mol. The second-order valence-electron chi connectivity index (χ2n) is 5.11. The van der Waals surface area contributed by atoms with E-state index in [1.807, 2.05) is 0 Å². The minimum absolute atomic E-state index is 0.141. The molecular weight excluding hydrogens is 325 g/mol. The number of fused-ring (bicyclic) bond motifs is 1. The lowest BCUT2D eigenvalue weighted by molar-refractivity contribution is -0.144. The number of nitrogens with two attached hydrogens (primary N) is 1. The molecule has 3 aromatic rings. The van der Waals surface area contributed by atoms with Crippen LogP contribution in [0.5, 0.6) is 0 Å². The lowest BCUT2D eigenvalue weighted by atomic mass is 10.3. The van der Waals surface area contributed by atoms with Crippen LogP contribution in [-0.2, 0) is 12.7 Å². The van der Waals surface area contributed by atoms with Crippen molar-refractivity contribution in [3.05, 3.63) is 35.2 Å². The zero-order chi connectivity index (χ0) is 17.5. The normalized spacial score (nSPS) is 11.9. The molecule has 3 N–H and O–H groups in total. The molecule has 0 aromatic carbocycles. The van der Waals surface area contributed by atoms with Crippen molar-refractivity contribution in [3.63, 3.8) is 0 Å². The van der Waals surface area contributed by atoms with Crippen molar-refractivity contribution in [3.8, 4) is 0 Å². The third kappa shape index (κ3) is 3.05. The molecule has 0 saturated heterocycles. The number of alkyl halides is 3. The van der Waals surface area contributed by atoms with Crippen molar-refractivity contribution in [2.45, 2.75) is 26.6 Å². The summed E-state index contributed by atoms with van der Waals surface area (Å²) in [5.41, 5.74) is 6.91. The average Bonchev–Trinajstić information content (AvgIpc) is 2.90. The van der Waals surface area contributed by atoms with Crippen molar-refractivity contribution in [2.24, 2.45) is 0 Å². The molecule has 8 nitrogen and oxygen atoms in total. The smallest absolute Gasteiger partial charge is 0.383 e. The molecule has 0 aliphatic heterocycles. The largest absolute Gasteiger partial charge is 0.453 e. The van der Waals surface area contributed by atoms with Gasteiger partial charge >= 0.3 is 6.18 Å². The molecule has 0 fully saturated rings. The van der Waals surface area contributed by atoms with Crippen molar-refractivity contribution in [1.29, 1.82) is 0 Å². The number of rotatable bonds is 3. The first-order chi connectivity index (χ1) is 11.2. The molecule has 0 saturated carbocycles. The van der Waals surface area contributed by atoms with Gasteiger partial charge in [-0.25, -0.2) is 15.0 Å². The molecule has 0 spiro atoms. The van der Waals surface area contributed by atoms with Crippen molar-refractivity contribution >= 4 is 17.4 Å². The lowest BCUT2D eigenvalue weighted by Crippen LogP contribution is -2.11. The zero-order valence-electron chi connectivity index (χ0n) is 12.8. The highest BCUT2D eigenvalue weighted by Gasteiger charge is 2.36. The van der Waals surface area contributed by atoms with Crippen LogP contribution < -0.4 is 11.1 Å². The van der Waals surface area contributed by atoms with E-state index in [1.54, 1.807) is 26.1 Å². The summed E-state index contributed by atoms with van der Waals surface area (Å²) in [6.45, 7) is 3.57. The first-order valence-corrected chi connectivity index (χ1v) is 6.87. The van der Waals surface area contributed by atoms with E-state index in [0.29, 0.717) is 28.7 Å². The molecule has 0 unspecified atom stereocenters. The topological polar surface area (TPSA) is 107 Å². The molecule has 11 heteroatoms. The summed E-state index contributed by atoms with van der Waals surface area (Å²) in [5.74, 6) is -0.253. The number of aromatic nitrogens is 6. The van der Waals surface area contributed by atoms with Gasteiger partial charge in [-0.3, -0.25) is 0 Å². The fourth-order valence-electron chi connectivity index (χ4n) is 2.07. The summed E-state index contributed by atoms with van der Waals surface area (Å²) >= 11 is 0. The Morgan fingerprint density at radius 2 is 1.96 bits per heavy atom. The van der Waals surface area contributed by atoms with Gasteiger partial charge in [-0.2, -0.15) is 22.7 Å². The SMILES string of the molecule is Cc1cc(NCc2cnc(C)nc2N)n2nc(C(F)(F)F)nc2n1. The minimum atomic E-state index is -4.64. The van der Waals surface area contributed by atoms with E-state index < -0.39 is 12.0 Å². The molecule has 126 valence electrons. The van der Waals surface area contributed by atoms with Gasteiger partial charge in [0, 0.05) is 30.1 Å². The highest BCUT2D eigenvalue weighted by Crippen LogP contribution is 2.27. The van der Waals surface area contributed by atoms with E-state index in [9.17, 15) is 13.2 Å². The summed E-state index contributed by atoms with van der Waals surface area (Å²) in [6.07, 6.45) is -3.09. The van der Waals surface area contributed by atoms with Gasteiger partial charge in [0.25, 0.3) is 11.6 Å². The molecule has 0 bridgehead atoms. The first kappa shape index (κ1) is 15.9. The van der Waals surface area contributed by atoms with Crippen LogP contribution in [0.1, 0.15) is 22.9 Å². The Kier molecular flexibility index (Phi) is 3.70. The third-order valence-corrected chi connectivity index (χ3v) is 3.17. The Labute approximate surface area is 134 Å². The van der Waals surface area contributed by atoms with Gasteiger partial charge in [0.2, 0.25) is 0 Å². The van der Waals surface area contributed by atoms with Gasteiger partial charge in [0.15, 0.2) is 0 Å². The molecule has 0 atom stereocenters. The lowest BCUT2D eigenvalue weighted by Gasteiger charge is -2.10. The van der Waals surface area contributed by atoms with Crippen LogP contribution in [0.25, 0.3) is 5.78 Å². The van der Waals surface area contributed by atoms with Gasteiger partial charge in [-0.05, 0) is 13.8 Å². The molecule has 3 aromatic heterocycles. The third-order valence-electron chi connectivity index (χ3n) is 3.17. The van der Waals surface area contributed by atoms with Crippen molar-refractivity contribution in [2.75, 3.05) is 11.1 Å². The van der Waals surface area contributed by atoms with Gasteiger partial charge < -0.3 is 11.1 Å². The summed E-state index contributed by atoms with van der Waals surface area (Å²) < 4.78 is 39.3. The molecule has 0 aliphatic carbocycles. The molecule has 3 heterocycles. The van der Waals surface area contributed by atoms with E-state index in [0.717, 1.165) is 4.52 Å². The number of hydrogen-bond donors (Lipinski definition) is 2. The number of aryl methyl sites for hydroxylation is 2. The maximum atomic E-state index is 12.8. The van der Waals surface area contributed by atoms with E-state index in [4.69, 9.17) is 5.73 Å². The quantitative estimate of drug-likeness (QED) is 0.749. The van der Waals surface area contributed by atoms with E-state index in [-0.39, 0.29) is 12.3 Å². The van der Waals surface area contributed by atoms with Gasteiger partial charge in [-0.1, -0.05) is 0 Å². The van der Waals surface area contributed by atoms with Crippen LogP contribution in [0.15, 0.2) is 12.3 Å². The first-order valence-electron chi connectivity index (χ1n) is 6.87. The number of halogens is 3. The molecular formula is C13H13F3N8. The zero-order valence-corrected chi connectivity index (χ0v) is 12.8. The fourth-order valence-corrected chi connectivity index (χ4v) is 2.07. The van der Waals surface area contributed by atoms with Crippen LogP contribution in [0.3, 0.4) is 0 Å². The molecule has 3 rings (SSSR count). The maximum Gasteiger partial charge on any atom is 0.453 e. The van der Waals surface area contributed by atoms with Crippen LogP contribution >= 0.6 is 0 Å². The highest BCUT2D eigenvalue weighted by atomic mass is 19.4. The molecule has 0 radical (unpaired) electrons. The van der Waals surface area contributed by atoms with Crippen LogP contribution in [0.4, 0.5) is 24.8 Å². The Morgan fingerprint density at radius 3 is 2.62 bits per heavy atom. The predicted octanol–water partition coefficient (Wildman–Crippen LogP) is 1.74. The number of anilines is 2. The van der Waals surface area contributed by atoms with E-state index >= 15 is 0 Å². The second-order valence-corrected chi connectivity index (χ2v) is 5.11. The van der Waals surface area contributed by atoms with Gasteiger partial charge in [0.05, 0.1) is 0 Å². The van der Waals surface area contributed by atoms with Crippen molar-refractivity contribution in [1.82, 2.24) is 29.5 Å². The van der Waals surface area contributed by atoms with Crippen LogP contribution in [-0.4, -0.2) is 29.5 Å². The Morgan fingerprint density at radius 1 is 1.21 bits per heavy atom. The standard InChI is InChI=1S/C13H13F3N8/c1-6-3-9(19-5-8-4-18-7(2)21-10(8)17)24-12(20-6)22-11(23-24)13(14,15)16/h3-4,19H,5H2,1-2H3,(H2,17,18,21). The Hall–Kier alpha value is -2.98. The van der Waals surface area contributed by atoms with E-state index in [1.165, 1.54) is 0 Å². The number of nitrogens with one attached hydrogen (secondary N) is 1. The number of nitrogen functional groups attached to an aromatic ring is 1. The molecule has 0 amide bonds. The van der Waals surface area contributed by atoms with Gasteiger partial charge in [-0.15, -0.1) is 5.10 Å². The predicted molar refractivity (Wildman–Crippen MR) is 79.0 cm³/mol. The maximum absolute atomic E-state index is 12.8.